The molecule has 1 aliphatic rings. The van der Waals surface area contributed by atoms with Crippen molar-refractivity contribution in [1.82, 2.24) is 4.90 Å². The molecular weight excluding hydrogens is 230 g/mol. The molecule has 0 N–H and O–H groups in total. The van der Waals surface area contributed by atoms with Gasteiger partial charge in [-0.3, -0.25) is 0 Å². The molecule has 0 saturated heterocycles. The maximum absolute atomic E-state index is 2.62. The summed E-state index contributed by atoms with van der Waals surface area (Å²) in [6.45, 7) is 25.5. The highest BCUT2D eigenvalue weighted by atomic mass is 15.3. The summed E-state index contributed by atoms with van der Waals surface area (Å²) in [5.74, 6) is 0. The lowest BCUT2D eigenvalue weighted by Gasteiger charge is -2.52. The van der Waals surface area contributed by atoms with E-state index in [2.05, 4.69) is 81.1 Å². The molecule has 110 valence electrons. The molecule has 0 spiro atoms. The molecule has 0 atom stereocenters. The Bertz CT molecular complexity index is 419. The van der Waals surface area contributed by atoms with Gasteiger partial charge in [0.1, 0.15) is 0 Å². The van der Waals surface area contributed by atoms with Gasteiger partial charge in [0.2, 0.25) is 0 Å². The monoisotopic (exact) mass is 263 g/mol. The number of hydrogen-bond acceptors (Lipinski definition) is 1. The van der Waals surface area contributed by atoms with Crippen LogP contribution in [0.15, 0.2) is 22.4 Å². The summed E-state index contributed by atoms with van der Waals surface area (Å²) < 4.78 is 0. The number of hydrogen-bond donors (Lipinski definition) is 0. The number of rotatable bonds is 1. The number of nitrogens with zero attached hydrogens (tertiary/aromatic N) is 1. The molecular formula is C18H33N. The number of allylic oxidation sites excluding steroid dienone is 3. The van der Waals surface area contributed by atoms with Crippen LogP contribution >= 0.6 is 0 Å². The summed E-state index contributed by atoms with van der Waals surface area (Å²) in [6, 6.07) is 0. The molecule has 0 bridgehead atoms. The van der Waals surface area contributed by atoms with Gasteiger partial charge in [0.25, 0.3) is 0 Å². The second kappa shape index (κ2) is 4.40. The fourth-order valence-corrected chi connectivity index (χ4v) is 3.70. The highest BCUT2D eigenvalue weighted by Gasteiger charge is 2.44. The molecule has 0 heterocycles. The highest BCUT2D eigenvalue weighted by molar-refractivity contribution is 5.50. The van der Waals surface area contributed by atoms with Gasteiger partial charge in [0.15, 0.2) is 0 Å². The molecule has 19 heavy (non-hydrogen) atoms. The molecule has 0 aliphatic heterocycles. The molecule has 0 aromatic carbocycles. The Morgan fingerprint density at radius 1 is 0.737 bits per heavy atom. The maximum atomic E-state index is 2.62. The molecule has 0 unspecified atom stereocenters. The van der Waals surface area contributed by atoms with E-state index in [-0.39, 0.29) is 16.5 Å². The predicted molar refractivity (Wildman–Crippen MR) is 86.2 cm³/mol. The third-order valence-electron chi connectivity index (χ3n) is 4.57. The zero-order valence-corrected chi connectivity index (χ0v) is 14.9. The molecule has 1 aliphatic carbocycles. The van der Waals surface area contributed by atoms with Crippen molar-refractivity contribution in [3.63, 3.8) is 0 Å². The Morgan fingerprint density at radius 3 is 1.32 bits per heavy atom. The second-order valence-corrected chi connectivity index (χ2v) is 8.53. The third kappa shape index (κ3) is 2.61. The summed E-state index contributed by atoms with van der Waals surface area (Å²) in [5.41, 5.74) is 6.33. The summed E-state index contributed by atoms with van der Waals surface area (Å²) >= 11 is 0. The van der Waals surface area contributed by atoms with Gasteiger partial charge in [0.05, 0.1) is 0 Å². The zero-order chi connectivity index (χ0) is 15.4. The van der Waals surface area contributed by atoms with E-state index in [9.17, 15) is 0 Å². The molecule has 0 aromatic heterocycles. The van der Waals surface area contributed by atoms with E-state index >= 15 is 0 Å². The first-order valence-electron chi connectivity index (χ1n) is 7.42. The van der Waals surface area contributed by atoms with E-state index < -0.39 is 0 Å². The first kappa shape index (κ1) is 16.3. The van der Waals surface area contributed by atoms with E-state index in [0.717, 1.165) is 0 Å². The minimum Gasteiger partial charge on any atom is -0.364 e. The molecule has 0 radical (unpaired) electrons. The SMILES string of the molecule is CC1=C(C)C(C)(C)C(N(C(C)(C)C)C(C)(C)C)=C1C. The molecule has 0 saturated carbocycles. The van der Waals surface area contributed by atoms with Crippen LogP contribution in [0.4, 0.5) is 0 Å². The molecule has 0 amide bonds. The van der Waals surface area contributed by atoms with Crippen LogP contribution in [0.3, 0.4) is 0 Å². The average molecular weight is 263 g/mol. The first-order chi connectivity index (χ1) is 8.22. The normalized spacial score (nSPS) is 20.4. The minimum absolute atomic E-state index is 0.122. The minimum atomic E-state index is 0.122. The van der Waals surface area contributed by atoms with Crippen molar-refractivity contribution in [1.29, 1.82) is 0 Å². The van der Waals surface area contributed by atoms with Crippen molar-refractivity contribution in [3.8, 4) is 0 Å². The van der Waals surface area contributed by atoms with Crippen molar-refractivity contribution in [2.24, 2.45) is 5.41 Å². The molecule has 0 aromatic rings. The van der Waals surface area contributed by atoms with Gasteiger partial charge in [-0.2, -0.15) is 0 Å². The predicted octanol–water partition coefficient (Wildman–Crippen LogP) is 5.54. The molecule has 1 nitrogen and oxygen atoms in total. The largest absolute Gasteiger partial charge is 0.364 e. The Labute approximate surface area is 120 Å². The second-order valence-electron chi connectivity index (χ2n) is 8.53. The molecule has 0 fully saturated rings. The standard InChI is InChI=1S/C18H33N/c1-12-13(2)15(18(10,11)14(12)3)19(16(4,5)6)17(7,8)9/h1-11H3. The first-order valence-corrected chi connectivity index (χ1v) is 7.42. The summed E-state index contributed by atoms with van der Waals surface area (Å²) in [7, 11) is 0. The van der Waals surface area contributed by atoms with Gasteiger partial charge in [-0.25, -0.2) is 0 Å². The fourth-order valence-electron chi connectivity index (χ4n) is 3.70. The van der Waals surface area contributed by atoms with Gasteiger partial charge < -0.3 is 4.90 Å². The van der Waals surface area contributed by atoms with Crippen LogP contribution in [0.5, 0.6) is 0 Å². The lowest BCUT2D eigenvalue weighted by atomic mass is 9.80. The van der Waals surface area contributed by atoms with Crippen LogP contribution < -0.4 is 0 Å². The van der Waals surface area contributed by atoms with Gasteiger partial charge >= 0.3 is 0 Å². The van der Waals surface area contributed by atoms with E-state index in [1.54, 1.807) is 0 Å². The van der Waals surface area contributed by atoms with Crippen LogP contribution in [0.25, 0.3) is 0 Å². The lowest BCUT2D eigenvalue weighted by molar-refractivity contribution is 0.0575. The van der Waals surface area contributed by atoms with E-state index in [4.69, 9.17) is 0 Å². The highest BCUT2D eigenvalue weighted by Crippen LogP contribution is 2.51. The van der Waals surface area contributed by atoms with Gasteiger partial charge in [-0.15, -0.1) is 0 Å². The van der Waals surface area contributed by atoms with Gasteiger partial charge in [0, 0.05) is 22.2 Å². The van der Waals surface area contributed by atoms with Crippen molar-refractivity contribution in [3.05, 3.63) is 22.4 Å². The molecule has 1 rings (SSSR count). The van der Waals surface area contributed by atoms with Crippen LogP contribution in [-0.4, -0.2) is 16.0 Å². The zero-order valence-electron chi connectivity index (χ0n) is 14.9. The quantitative estimate of drug-likeness (QED) is 0.600. The van der Waals surface area contributed by atoms with E-state index in [1.165, 1.54) is 22.4 Å². The Balaban J connectivity index is 3.52. The third-order valence-corrected chi connectivity index (χ3v) is 4.57. The average Bonchev–Trinajstić information content (AvgIpc) is 2.29. The van der Waals surface area contributed by atoms with Gasteiger partial charge in [-0.1, -0.05) is 19.4 Å². The van der Waals surface area contributed by atoms with Crippen LogP contribution in [0.2, 0.25) is 0 Å². The van der Waals surface area contributed by atoms with Crippen molar-refractivity contribution in [2.75, 3.05) is 0 Å². The van der Waals surface area contributed by atoms with Crippen molar-refractivity contribution >= 4 is 0 Å². The van der Waals surface area contributed by atoms with Crippen LogP contribution in [0.1, 0.15) is 76.2 Å². The Hall–Kier alpha value is -0.720. The molecule has 1 heteroatoms. The summed E-state index contributed by atoms with van der Waals surface area (Å²) in [6.07, 6.45) is 0. The summed E-state index contributed by atoms with van der Waals surface area (Å²) in [5, 5.41) is 0. The maximum Gasteiger partial charge on any atom is 0.0320 e. The van der Waals surface area contributed by atoms with Crippen molar-refractivity contribution in [2.45, 2.75) is 87.2 Å². The van der Waals surface area contributed by atoms with E-state index in [1.807, 2.05) is 0 Å². The topological polar surface area (TPSA) is 3.24 Å². The fraction of sp³-hybridized carbons (Fsp3) is 0.778. The lowest BCUT2D eigenvalue weighted by Crippen LogP contribution is -2.54. The smallest absolute Gasteiger partial charge is 0.0320 e. The Kier molecular flexibility index (Phi) is 3.78. The summed E-state index contributed by atoms with van der Waals surface area (Å²) in [4.78, 5) is 2.62. The van der Waals surface area contributed by atoms with Crippen molar-refractivity contribution < 1.29 is 0 Å². The van der Waals surface area contributed by atoms with E-state index in [0.29, 0.717) is 0 Å². The van der Waals surface area contributed by atoms with Crippen LogP contribution in [0, 0.1) is 5.41 Å². The van der Waals surface area contributed by atoms with Gasteiger partial charge in [-0.05, 0) is 73.5 Å². The Morgan fingerprint density at radius 2 is 1.11 bits per heavy atom. The van der Waals surface area contributed by atoms with Crippen LogP contribution in [-0.2, 0) is 0 Å².